The predicted octanol–water partition coefficient (Wildman–Crippen LogP) is 1.63. The van der Waals surface area contributed by atoms with Crippen molar-refractivity contribution in [3.05, 3.63) is 0 Å². The Kier molecular flexibility index (Phi) is 4.14. The summed E-state index contributed by atoms with van der Waals surface area (Å²) in [6.07, 6.45) is 4.62. The molecule has 1 saturated carbocycles. The SMILES string of the molecule is CC(CC(=O)N(C)C)NCC1(C)CCC1. The molecule has 0 bridgehead atoms. The lowest BCUT2D eigenvalue weighted by atomic mass is 9.70. The van der Waals surface area contributed by atoms with Gasteiger partial charge in [0.25, 0.3) is 0 Å². The van der Waals surface area contributed by atoms with Crippen molar-refractivity contribution >= 4 is 5.91 Å². The van der Waals surface area contributed by atoms with E-state index in [4.69, 9.17) is 0 Å². The largest absolute Gasteiger partial charge is 0.349 e. The van der Waals surface area contributed by atoms with Gasteiger partial charge in [-0.15, -0.1) is 0 Å². The number of rotatable bonds is 5. The van der Waals surface area contributed by atoms with E-state index in [0.29, 0.717) is 11.8 Å². The highest BCUT2D eigenvalue weighted by atomic mass is 16.2. The summed E-state index contributed by atoms with van der Waals surface area (Å²) < 4.78 is 0. The highest BCUT2D eigenvalue weighted by Crippen LogP contribution is 2.39. The van der Waals surface area contributed by atoms with Crippen LogP contribution in [0.4, 0.5) is 0 Å². The summed E-state index contributed by atoms with van der Waals surface area (Å²) >= 11 is 0. The Morgan fingerprint density at radius 2 is 2.07 bits per heavy atom. The van der Waals surface area contributed by atoms with Crippen LogP contribution in [0, 0.1) is 5.41 Å². The normalized spacial score (nSPS) is 20.5. The van der Waals surface area contributed by atoms with Crippen LogP contribution < -0.4 is 5.32 Å². The van der Waals surface area contributed by atoms with E-state index in [9.17, 15) is 4.79 Å². The summed E-state index contributed by atoms with van der Waals surface area (Å²) in [5, 5.41) is 3.46. The Morgan fingerprint density at radius 1 is 1.47 bits per heavy atom. The lowest BCUT2D eigenvalue weighted by Gasteiger charge is -2.39. The van der Waals surface area contributed by atoms with Crippen molar-refractivity contribution in [3.63, 3.8) is 0 Å². The van der Waals surface area contributed by atoms with Gasteiger partial charge in [-0.05, 0) is 25.2 Å². The van der Waals surface area contributed by atoms with Crippen LogP contribution in [0.1, 0.15) is 39.5 Å². The molecule has 3 nitrogen and oxygen atoms in total. The Hall–Kier alpha value is -0.570. The standard InChI is InChI=1S/C12H24N2O/c1-10(8-11(15)14(3)4)13-9-12(2)6-5-7-12/h10,13H,5-9H2,1-4H3. The second kappa shape index (κ2) is 4.97. The van der Waals surface area contributed by atoms with Crippen molar-refractivity contribution in [2.75, 3.05) is 20.6 Å². The Morgan fingerprint density at radius 3 is 2.47 bits per heavy atom. The molecule has 0 heterocycles. The first kappa shape index (κ1) is 12.5. The van der Waals surface area contributed by atoms with Crippen molar-refractivity contribution in [2.45, 2.75) is 45.6 Å². The van der Waals surface area contributed by atoms with E-state index in [2.05, 4.69) is 19.2 Å². The Balaban J connectivity index is 2.18. The van der Waals surface area contributed by atoms with Gasteiger partial charge in [-0.3, -0.25) is 4.79 Å². The molecule has 1 amide bonds. The molecule has 1 atom stereocenters. The predicted molar refractivity (Wildman–Crippen MR) is 62.7 cm³/mol. The Bertz CT molecular complexity index is 222. The van der Waals surface area contributed by atoms with Gasteiger partial charge in [-0.2, -0.15) is 0 Å². The molecular weight excluding hydrogens is 188 g/mol. The zero-order valence-corrected chi connectivity index (χ0v) is 10.5. The minimum absolute atomic E-state index is 0.203. The maximum Gasteiger partial charge on any atom is 0.223 e. The first-order valence-electron chi connectivity index (χ1n) is 5.86. The van der Waals surface area contributed by atoms with Crippen LogP contribution >= 0.6 is 0 Å². The number of hydrogen-bond acceptors (Lipinski definition) is 2. The molecule has 88 valence electrons. The van der Waals surface area contributed by atoms with Crippen molar-refractivity contribution < 1.29 is 4.79 Å². The van der Waals surface area contributed by atoms with Crippen molar-refractivity contribution in [3.8, 4) is 0 Å². The van der Waals surface area contributed by atoms with E-state index in [1.165, 1.54) is 19.3 Å². The summed E-state index contributed by atoms with van der Waals surface area (Å²) in [5.74, 6) is 0.203. The van der Waals surface area contributed by atoms with Crippen LogP contribution in [-0.4, -0.2) is 37.5 Å². The fourth-order valence-corrected chi connectivity index (χ4v) is 1.89. The second-order valence-electron chi connectivity index (χ2n) is 5.44. The molecule has 0 aromatic carbocycles. The van der Waals surface area contributed by atoms with Crippen LogP contribution in [-0.2, 0) is 4.79 Å². The van der Waals surface area contributed by atoms with Gasteiger partial charge in [0.1, 0.15) is 0 Å². The molecule has 1 fully saturated rings. The van der Waals surface area contributed by atoms with Crippen LogP contribution in [0.15, 0.2) is 0 Å². The molecule has 1 aliphatic carbocycles. The number of nitrogens with zero attached hydrogens (tertiary/aromatic N) is 1. The monoisotopic (exact) mass is 212 g/mol. The van der Waals surface area contributed by atoms with Gasteiger partial charge in [0.2, 0.25) is 5.91 Å². The second-order valence-corrected chi connectivity index (χ2v) is 5.44. The van der Waals surface area contributed by atoms with E-state index >= 15 is 0 Å². The maximum absolute atomic E-state index is 11.4. The molecule has 0 spiro atoms. The number of carbonyl (C=O) groups excluding carboxylic acids is 1. The first-order valence-corrected chi connectivity index (χ1v) is 5.86. The first-order chi connectivity index (χ1) is 6.93. The van der Waals surface area contributed by atoms with Gasteiger partial charge >= 0.3 is 0 Å². The van der Waals surface area contributed by atoms with E-state index in [0.717, 1.165) is 6.54 Å². The van der Waals surface area contributed by atoms with Crippen molar-refractivity contribution in [2.24, 2.45) is 5.41 Å². The van der Waals surface area contributed by atoms with Crippen LogP contribution in [0.2, 0.25) is 0 Å². The number of amides is 1. The third-order valence-corrected chi connectivity index (χ3v) is 3.42. The summed E-state index contributed by atoms with van der Waals surface area (Å²) in [7, 11) is 3.62. The highest BCUT2D eigenvalue weighted by Gasteiger charge is 2.31. The Labute approximate surface area is 93.2 Å². The molecule has 0 aromatic rings. The molecule has 1 rings (SSSR count). The fourth-order valence-electron chi connectivity index (χ4n) is 1.89. The molecule has 0 radical (unpaired) electrons. The third kappa shape index (κ3) is 3.82. The van der Waals surface area contributed by atoms with Crippen LogP contribution in [0.5, 0.6) is 0 Å². The smallest absolute Gasteiger partial charge is 0.223 e. The van der Waals surface area contributed by atoms with Gasteiger partial charge in [-0.25, -0.2) is 0 Å². The van der Waals surface area contributed by atoms with Gasteiger partial charge in [-0.1, -0.05) is 13.3 Å². The molecule has 3 heteroatoms. The van der Waals surface area contributed by atoms with E-state index in [1.54, 1.807) is 4.90 Å². The molecular formula is C12H24N2O. The van der Waals surface area contributed by atoms with Gasteiger partial charge in [0.15, 0.2) is 0 Å². The average molecular weight is 212 g/mol. The van der Waals surface area contributed by atoms with Crippen molar-refractivity contribution in [1.82, 2.24) is 10.2 Å². The highest BCUT2D eigenvalue weighted by molar-refractivity contribution is 5.76. The van der Waals surface area contributed by atoms with E-state index in [1.807, 2.05) is 14.1 Å². The van der Waals surface area contributed by atoms with Crippen molar-refractivity contribution in [1.29, 1.82) is 0 Å². The topological polar surface area (TPSA) is 32.3 Å². The number of carbonyl (C=O) groups is 1. The molecule has 0 saturated heterocycles. The fraction of sp³-hybridized carbons (Fsp3) is 0.917. The number of hydrogen-bond donors (Lipinski definition) is 1. The molecule has 0 aromatic heterocycles. The van der Waals surface area contributed by atoms with Gasteiger partial charge in [0, 0.05) is 33.1 Å². The maximum atomic E-state index is 11.4. The van der Waals surface area contributed by atoms with E-state index < -0.39 is 0 Å². The molecule has 1 unspecified atom stereocenters. The minimum atomic E-state index is 0.203. The summed E-state index contributed by atoms with van der Waals surface area (Å²) in [6, 6.07) is 0.289. The molecule has 1 N–H and O–H groups in total. The lowest BCUT2D eigenvalue weighted by molar-refractivity contribution is -0.129. The average Bonchev–Trinajstić information content (AvgIpc) is 2.11. The zero-order chi connectivity index (χ0) is 11.5. The minimum Gasteiger partial charge on any atom is -0.349 e. The zero-order valence-electron chi connectivity index (χ0n) is 10.5. The number of nitrogens with one attached hydrogen (secondary N) is 1. The summed E-state index contributed by atoms with van der Waals surface area (Å²) in [5.41, 5.74) is 0.495. The third-order valence-electron chi connectivity index (χ3n) is 3.42. The molecule has 15 heavy (non-hydrogen) atoms. The quantitative estimate of drug-likeness (QED) is 0.751. The van der Waals surface area contributed by atoms with Crippen LogP contribution in [0.3, 0.4) is 0 Å². The lowest BCUT2D eigenvalue weighted by Crippen LogP contribution is -2.42. The summed E-state index contributed by atoms with van der Waals surface area (Å²) in [4.78, 5) is 13.1. The molecule has 0 aliphatic heterocycles. The van der Waals surface area contributed by atoms with Gasteiger partial charge < -0.3 is 10.2 Å². The van der Waals surface area contributed by atoms with E-state index in [-0.39, 0.29) is 11.9 Å². The van der Waals surface area contributed by atoms with Gasteiger partial charge in [0.05, 0.1) is 0 Å². The molecule has 1 aliphatic rings. The summed E-state index contributed by atoms with van der Waals surface area (Å²) in [6.45, 7) is 5.46. The van der Waals surface area contributed by atoms with Crippen LogP contribution in [0.25, 0.3) is 0 Å².